The lowest BCUT2D eigenvalue weighted by Gasteiger charge is -2.12. The number of aliphatic imine (C=N–C) groups is 1. The lowest BCUT2D eigenvalue weighted by molar-refractivity contribution is -0.141. The summed E-state index contributed by atoms with van der Waals surface area (Å²) in [7, 11) is 1.90. The van der Waals surface area contributed by atoms with Crippen LogP contribution in [0.25, 0.3) is 0 Å². The number of benzene rings is 1. The van der Waals surface area contributed by atoms with Gasteiger partial charge >= 0.3 is 12.1 Å². The molecule has 0 fully saturated rings. The van der Waals surface area contributed by atoms with E-state index in [2.05, 4.69) is 9.98 Å². The Bertz CT molecular complexity index is 879. The van der Waals surface area contributed by atoms with Crippen molar-refractivity contribution in [2.24, 2.45) is 4.99 Å². The topological polar surface area (TPSA) is 54.8 Å². The molecule has 0 amide bonds. The van der Waals surface area contributed by atoms with Crippen molar-refractivity contribution in [1.29, 1.82) is 0 Å². The number of carbonyl (C=O) groups is 1. The normalized spacial score (nSPS) is 11.7. The number of hydrogen-bond donors (Lipinski definition) is 0. The molecule has 1 heterocycles. The summed E-state index contributed by atoms with van der Waals surface area (Å²) < 4.78 is 43.3. The number of aromatic nitrogens is 1. The SMILES string of the molecule is CCN(C)C=Nc1cc(C)c(C(=O)OCc2ccnc(C(F)(F)F)c2)cc1C. The minimum Gasteiger partial charge on any atom is -0.457 e. The molecule has 0 saturated carbocycles. The highest BCUT2D eigenvalue weighted by molar-refractivity contribution is 5.92. The van der Waals surface area contributed by atoms with Crippen LogP contribution in [0.3, 0.4) is 0 Å². The number of nitrogens with zero attached hydrogens (tertiary/aromatic N) is 3. The van der Waals surface area contributed by atoms with Crippen molar-refractivity contribution < 1.29 is 22.7 Å². The summed E-state index contributed by atoms with van der Waals surface area (Å²) in [6.45, 7) is 6.13. The molecule has 1 aromatic carbocycles. The Morgan fingerprint density at radius 3 is 2.61 bits per heavy atom. The van der Waals surface area contributed by atoms with Crippen LogP contribution in [0.15, 0.2) is 35.5 Å². The van der Waals surface area contributed by atoms with E-state index in [4.69, 9.17) is 4.74 Å². The Hall–Kier alpha value is -2.90. The van der Waals surface area contributed by atoms with Gasteiger partial charge in [0.1, 0.15) is 12.3 Å². The fourth-order valence-corrected chi connectivity index (χ4v) is 2.35. The molecule has 1 aromatic heterocycles. The number of halogens is 3. The lowest BCUT2D eigenvalue weighted by Crippen LogP contribution is -2.14. The zero-order valence-corrected chi connectivity index (χ0v) is 16.2. The van der Waals surface area contributed by atoms with Gasteiger partial charge in [-0.1, -0.05) is 0 Å². The highest BCUT2D eigenvalue weighted by atomic mass is 19.4. The van der Waals surface area contributed by atoms with Crippen LogP contribution in [0.5, 0.6) is 0 Å². The third-order valence-electron chi connectivity index (χ3n) is 4.14. The van der Waals surface area contributed by atoms with Crippen LogP contribution in [0.4, 0.5) is 18.9 Å². The van der Waals surface area contributed by atoms with E-state index in [9.17, 15) is 18.0 Å². The van der Waals surface area contributed by atoms with E-state index < -0.39 is 17.8 Å². The Labute approximate surface area is 161 Å². The number of ether oxygens (including phenoxy) is 1. The molecule has 8 heteroatoms. The number of pyridine rings is 1. The van der Waals surface area contributed by atoms with E-state index >= 15 is 0 Å². The van der Waals surface area contributed by atoms with Crippen LogP contribution < -0.4 is 0 Å². The zero-order chi connectivity index (χ0) is 20.9. The molecule has 150 valence electrons. The van der Waals surface area contributed by atoms with Crippen molar-refractivity contribution in [3.8, 4) is 0 Å². The molecule has 0 saturated heterocycles. The van der Waals surface area contributed by atoms with Crippen molar-refractivity contribution in [3.05, 3.63) is 58.4 Å². The number of hydrogen-bond acceptors (Lipinski definition) is 4. The molecule has 28 heavy (non-hydrogen) atoms. The molecule has 0 radical (unpaired) electrons. The quantitative estimate of drug-likeness (QED) is 0.406. The van der Waals surface area contributed by atoms with Gasteiger partial charge in [0.05, 0.1) is 17.6 Å². The molecule has 0 unspecified atom stereocenters. The van der Waals surface area contributed by atoms with E-state index in [1.807, 2.05) is 25.8 Å². The fraction of sp³-hybridized carbons (Fsp3) is 0.350. The summed E-state index contributed by atoms with van der Waals surface area (Å²) in [4.78, 5) is 22.0. The molecule has 0 aliphatic rings. The van der Waals surface area contributed by atoms with Crippen LogP contribution in [-0.2, 0) is 17.5 Å². The zero-order valence-electron chi connectivity index (χ0n) is 16.2. The second-order valence-electron chi connectivity index (χ2n) is 6.39. The van der Waals surface area contributed by atoms with Crippen LogP contribution >= 0.6 is 0 Å². The van der Waals surface area contributed by atoms with Gasteiger partial charge in [-0.15, -0.1) is 0 Å². The highest BCUT2D eigenvalue weighted by Gasteiger charge is 2.32. The Morgan fingerprint density at radius 2 is 1.96 bits per heavy atom. The smallest absolute Gasteiger partial charge is 0.433 e. The van der Waals surface area contributed by atoms with E-state index in [0.29, 0.717) is 11.1 Å². The molecular formula is C20H22F3N3O2. The van der Waals surface area contributed by atoms with Crippen molar-refractivity contribution in [2.45, 2.75) is 33.6 Å². The minimum atomic E-state index is -4.55. The predicted octanol–water partition coefficient (Wildman–Crippen LogP) is 4.69. The first kappa shape index (κ1) is 21.4. The standard InChI is InChI=1S/C20H22F3N3O2/c1-5-26(4)12-25-17-9-13(2)16(8-14(17)3)19(27)28-11-15-6-7-24-18(10-15)20(21,22)23/h6-10,12H,5,11H2,1-4H3. The maximum Gasteiger partial charge on any atom is 0.433 e. The van der Waals surface area contributed by atoms with Gasteiger partial charge in [-0.3, -0.25) is 4.98 Å². The highest BCUT2D eigenvalue weighted by Crippen LogP contribution is 2.28. The average Bonchev–Trinajstić information content (AvgIpc) is 2.65. The molecule has 2 aromatic rings. The summed E-state index contributed by atoms with van der Waals surface area (Å²) in [6.07, 6.45) is -1.79. The molecule has 2 rings (SSSR count). The largest absolute Gasteiger partial charge is 0.457 e. The Kier molecular flexibility index (Phi) is 6.77. The van der Waals surface area contributed by atoms with Crippen LogP contribution in [-0.4, -0.2) is 35.8 Å². The number of rotatable bonds is 6. The molecule has 0 bridgehead atoms. The van der Waals surface area contributed by atoms with E-state index in [1.165, 1.54) is 6.07 Å². The first-order chi connectivity index (χ1) is 13.1. The monoisotopic (exact) mass is 393 g/mol. The number of esters is 1. The van der Waals surface area contributed by atoms with Crippen molar-refractivity contribution in [1.82, 2.24) is 9.88 Å². The predicted molar refractivity (Wildman–Crippen MR) is 101 cm³/mol. The first-order valence-corrected chi connectivity index (χ1v) is 8.66. The molecule has 0 atom stereocenters. The lowest BCUT2D eigenvalue weighted by atomic mass is 10.0. The Balaban J connectivity index is 2.13. The van der Waals surface area contributed by atoms with Gasteiger partial charge in [0, 0.05) is 19.8 Å². The summed E-state index contributed by atoms with van der Waals surface area (Å²) in [5.41, 5.74) is 1.75. The summed E-state index contributed by atoms with van der Waals surface area (Å²) in [5.74, 6) is -0.604. The van der Waals surface area contributed by atoms with Gasteiger partial charge in [-0.25, -0.2) is 9.79 Å². The van der Waals surface area contributed by atoms with Crippen LogP contribution in [0.2, 0.25) is 0 Å². The number of alkyl halides is 3. The van der Waals surface area contributed by atoms with E-state index in [-0.39, 0.29) is 12.2 Å². The molecule has 5 nitrogen and oxygen atoms in total. The second-order valence-corrected chi connectivity index (χ2v) is 6.39. The minimum absolute atomic E-state index is 0.217. The maximum absolute atomic E-state index is 12.7. The van der Waals surface area contributed by atoms with E-state index in [1.54, 1.807) is 25.4 Å². The van der Waals surface area contributed by atoms with Gasteiger partial charge in [-0.05, 0) is 61.7 Å². The second kappa shape index (κ2) is 8.86. The molecule has 0 spiro atoms. The maximum atomic E-state index is 12.7. The summed E-state index contributed by atoms with van der Waals surface area (Å²) in [6, 6.07) is 5.69. The number of carbonyl (C=O) groups excluding carboxylic acids is 1. The third-order valence-corrected chi connectivity index (χ3v) is 4.14. The van der Waals surface area contributed by atoms with Gasteiger partial charge in [-0.2, -0.15) is 13.2 Å². The molecular weight excluding hydrogens is 371 g/mol. The summed E-state index contributed by atoms with van der Waals surface area (Å²) >= 11 is 0. The van der Waals surface area contributed by atoms with Gasteiger partial charge in [0.2, 0.25) is 0 Å². The van der Waals surface area contributed by atoms with Crippen molar-refractivity contribution in [2.75, 3.05) is 13.6 Å². The number of aryl methyl sites for hydroxylation is 2. The molecule has 0 aliphatic heterocycles. The average molecular weight is 393 g/mol. The molecule has 0 N–H and O–H groups in total. The van der Waals surface area contributed by atoms with Gasteiger partial charge in [0.25, 0.3) is 0 Å². The first-order valence-electron chi connectivity index (χ1n) is 8.66. The van der Waals surface area contributed by atoms with Crippen LogP contribution in [0, 0.1) is 13.8 Å². The van der Waals surface area contributed by atoms with Crippen molar-refractivity contribution >= 4 is 18.0 Å². The molecule has 0 aliphatic carbocycles. The van der Waals surface area contributed by atoms with Gasteiger partial charge in [0.15, 0.2) is 0 Å². The fourth-order valence-electron chi connectivity index (χ4n) is 2.35. The van der Waals surface area contributed by atoms with Gasteiger partial charge < -0.3 is 9.64 Å². The van der Waals surface area contributed by atoms with E-state index in [0.717, 1.165) is 30.1 Å². The summed E-state index contributed by atoms with van der Waals surface area (Å²) in [5, 5.41) is 0. The third kappa shape index (κ3) is 5.55. The van der Waals surface area contributed by atoms with Crippen molar-refractivity contribution in [3.63, 3.8) is 0 Å². The Morgan fingerprint density at radius 1 is 1.25 bits per heavy atom. The van der Waals surface area contributed by atoms with Crippen LogP contribution in [0.1, 0.15) is 39.7 Å².